The first-order valence-electron chi connectivity index (χ1n) is 6.42. The van der Waals surface area contributed by atoms with Crippen LogP contribution in [0, 0.1) is 6.92 Å². The molecule has 0 unspecified atom stereocenters. The number of hydrogen-bond acceptors (Lipinski definition) is 2. The minimum absolute atomic E-state index is 0. The molecule has 0 radical (unpaired) electrons. The van der Waals surface area contributed by atoms with Gasteiger partial charge in [-0.15, -0.1) is 12.4 Å². The second kappa shape index (κ2) is 5.54. The van der Waals surface area contributed by atoms with Gasteiger partial charge in [-0.3, -0.25) is 0 Å². The minimum atomic E-state index is 0. The maximum absolute atomic E-state index is 5.84. The zero-order valence-electron chi connectivity index (χ0n) is 11.1. The molecule has 0 fully saturated rings. The number of rotatable bonds is 2. The Hall–Kier alpha value is -1.67. The van der Waals surface area contributed by atoms with Gasteiger partial charge in [-0.05, 0) is 42.2 Å². The molecule has 2 aromatic rings. The lowest BCUT2D eigenvalue weighted by molar-refractivity contribution is 0.834. The van der Waals surface area contributed by atoms with E-state index in [9.17, 15) is 0 Å². The molecule has 1 aliphatic rings. The zero-order valence-corrected chi connectivity index (χ0v) is 11.9. The number of anilines is 2. The highest BCUT2D eigenvalue weighted by Crippen LogP contribution is 2.32. The number of para-hydroxylation sites is 1. The Morgan fingerprint density at radius 1 is 1.16 bits per heavy atom. The maximum Gasteiger partial charge on any atom is 0.0432 e. The third-order valence-corrected chi connectivity index (χ3v) is 3.61. The minimum Gasteiger partial charge on any atom is -0.399 e. The van der Waals surface area contributed by atoms with E-state index in [2.05, 4.69) is 42.2 Å². The molecule has 3 heteroatoms. The van der Waals surface area contributed by atoms with Crippen LogP contribution in [0.5, 0.6) is 0 Å². The van der Waals surface area contributed by atoms with E-state index in [4.69, 9.17) is 5.73 Å². The molecule has 0 spiro atoms. The van der Waals surface area contributed by atoms with Crippen molar-refractivity contribution >= 4 is 23.8 Å². The first-order chi connectivity index (χ1) is 8.74. The van der Waals surface area contributed by atoms with E-state index in [1.165, 1.54) is 22.4 Å². The van der Waals surface area contributed by atoms with Gasteiger partial charge in [-0.1, -0.05) is 30.3 Å². The van der Waals surface area contributed by atoms with Gasteiger partial charge in [0.25, 0.3) is 0 Å². The molecule has 0 bridgehead atoms. The van der Waals surface area contributed by atoms with E-state index in [1.807, 2.05) is 12.1 Å². The Bertz CT molecular complexity index is 581. The number of hydrogen-bond donors (Lipinski definition) is 1. The number of halogens is 1. The highest BCUT2D eigenvalue weighted by Gasteiger charge is 2.20. The molecular formula is C16H19ClN2. The summed E-state index contributed by atoms with van der Waals surface area (Å²) < 4.78 is 0. The van der Waals surface area contributed by atoms with Crippen molar-refractivity contribution in [3.8, 4) is 0 Å². The predicted octanol–water partition coefficient (Wildman–Crippen LogP) is 3.56. The van der Waals surface area contributed by atoms with Crippen LogP contribution < -0.4 is 10.6 Å². The highest BCUT2D eigenvalue weighted by atomic mass is 35.5. The molecule has 19 heavy (non-hydrogen) atoms. The van der Waals surface area contributed by atoms with E-state index in [1.54, 1.807) is 0 Å². The van der Waals surface area contributed by atoms with Crippen molar-refractivity contribution in [1.82, 2.24) is 0 Å². The highest BCUT2D eigenvalue weighted by molar-refractivity contribution is 5.85. The lowest BCUT2D eigenvalue weighted by Crippen LogP contribution is -2.20. The summed E-state index contributed by atoms with van der Waals surface area (Å²) in [5.41, 5.74) is 12.2. The molecule has 2 N–H and O–H groups in total. The lowest BCUT2D eigenvalue weighted by atomic mass is 10.1. The first-order valence-corrected chi connectivity index (χ1v) is 6.42. The maximum atomic E-state index is 5.84. The second-order valence-electron chi connectivity index (χ2n) is 5.00. The Kier molecular flexibility index (Phi) is 4.01. The van der Waals surface area contributed by atoms with Gasteiger partial charge in [0.15, 0.2) is 0 Å². The van der Waals surface area contributed by atoms with Crippen molar-refractivity contribution in [1.29, 1.82) is 0 Å². The normalized spacial score (nSPS) is 13.0. The standard InChI is InChI=1S/C16H18N2.ClH/c1-12-4-2-6-14-8-9-18(16(12)14)11-13-5-3-7-15(17)10-13;/h2-7,10H,8-9,11,17H2,1H3;1H. The Morgan fingerprint density at radius 3 is 2.74 bits per heavy atom. The van der Waals surface area contributed by atoms with Crippen molar-refractivity contribution in [2.75, 3.05) is 17.2 Å². The molecule has 1 aliphatic heterocycles. The van der Waals surface area contributed by atoms with Crippen LogP contribution >= 0.6 is 12.4 Å². The van der Waals surface area contributed by atoms with Crippen molar-refractivity contribution < 1.29 is 0 Å². The smallest absolute Gasteiger partial charge is 0.0432 e. The van der Waals surface area contributed by atoms with Gasteiger partial charge in [0, 0.05) is 24.5 Å². The number of benzene rings is 2. The van der Waals surface area contributed by atoms with Crippen LogP contribution in [-0.2, 0) is 13.0 Å². The quantitative estimate of drug-likeness (QED) is 0.849. The van der Waals surface area contributed by atoms with Crippen LogP contribution in [0.25, 0.3) is 0 Å². The van der Waals surface area contributed by atoms with Crippen LogP contribution in [0.2, 0.25) is 0 Å². The fourth-order valence-corrected chi connectivity index (χ4v) is 2.81. The Labute approximate surface area is 120 Å². The molecule has 2 aromatic carbocycles. The van der Waals surface area contributed by atoms with E-state index < -0.39 is 0 Å². The second-order valence-corrected chi connectivity index (χ2v) is 5.00. The Morgan fingerprint density at radius 2 is 1.95 bits per heavy atom. The lowest BCUT2D eigenvalue weighted by Gasteiger charge is -2.21. The van der Waals surface area contributed by atoms with E-state index in [0.717, 1.165) is 25.2 Å². The van der Waals surface area contributed by atoms with Crippen LogP contribution in [0.15, 0.2) is 42.5 Å². The van der Waals surface area contributed by atoms with E-state index >= 15 is 0 Å². The summed E-state index contributed by atoms with van der Waals surface area (Å²) in [7, 11) is 0. The van der Waals surface area contributed by atoms with Gasteiger partial charge in [0.05, 0.1) is 0 Å². The Balaban J connectivity index is 0.00000133. The number of nitrogens with zero attached hydrogens (tertiary/aromatic N) is 1. The molecule has 0 atom stereocenters. The van der Waals surface area contributed by atoms with Crippen molar-refractivity contribution in [3.63, 3.8) is 0 Å². The van der Waals surface area contributed by atoms with Crippen molar-refractivity contribution in [2.24, 2.45) is 0 Å². The van der Waals surface area contributed by atoms with Gasteiger partial charge in [0.1, 0.15) is 0 Å². The molecule has 0 aromatic heterocycles. The summed E-state index contributed by atoms with van der Waals surface area (Å²) in [5.74, 6) is 0. The number of nitrogens with two attached hydrogens (primary N) is 1. The molecule has 0 saturated carbocycles. The van der Waals surface area contributed by atoms with Crippen LogP contribution in [0.1, 0.15) is 16.7 Å². The molecule has 0 amide bonds. The molecule has 3 rings (SSSR count). The molecule has 0 saturated heterocycles. The number of aryl methyl sites for hydroxylation is 1. The van der Waals surface area contributed by atoms with Crippen molar-refractivity contribution in [3.05, 3.63) is 59.2 Å². The average molecular weight is 275 g/mol. The van der Waals surface area contributed by atoms with Gasteiger partial charge in [-0.2, -0.15) is 0 Å². The largest absolute Gasteiger partial charge is 0.399 e. The summed E-state index contributed by atoms with van der Waals surface area (Å²) in [6, 6.07) is 14.8. The van der Waals surface area contributed by atoms with Crippen LogP contribution in [0.4, 0.5) is 11.4 Å². The van der Waals surface area contributed by atoms with Gasteiger partial charge < -0.3 is 10.6 Å². The molecule has 2 nitrogen and oxygen atoms in total. The number of fused-ring (bicyclic) bond motifs is 1. The van der Waals surface area contributed by atoms with Gasteiger partial charge in [0.2, 0.25) is 0 Å². The van der Waals surface area contributed by atoms with Crippen LogP contribution in [0.3, 0.4) is 0 Å². The third-order valence-electron chi connectivity index (χ3n) is 3.61. The fraction of sp³-hybridized carbons (Fsp3) is 0.250. The van der Waals surface area contributed by atoms with E-state index in [0.29, 0.717) is 0 Å². The topological polar surface area (TPSA) is 29.3 Å². The van der Waals surface area contributed by atoms with Gasteiger partial charge >= 0.3 is 0 Å². The summed E-state index contributed by atoms with van der Waals surface area (Å²) in [5, 5.41) is 0. The number of nitrogen functional groups attached to an aromatic ring is 1. The third kappa shape index (κ3) is 2.69. The summed E-state index contributed by atoms with van der Waals surface area (Å²) >= 11 is 0. The summed E-state index contributed by atoms with van der Waals surface area (Å²) in [6.07, 6.45) is 1.15. The van der Waals surface area contributed by atoms with Gasteiger partial charge in [-0.25, -0.2) is 0 Å². The molecule has 100 valence electrons. The summed E-state index contributed by atoms with van der Waals surface area (Å²) in [6.45, 7) is 4.24. The first kappa shape index (κ1) is 13.8. The van der Waals surface area contributed by atoms with Crippen molar-refractivity contribution in [2.45, 2.75) is 19.9 Å². The molecule has 1 heterocycles. The molecule has 0 aliphatic carbocycles. The SMILES string of the molecule is Cc1cccc2c1N(Cc1cccc(N)c1)CC2.Cl. The zero-order chi connectivity index (χ0) is 12.5. The van der Waals surface area contributed by atoms with E-state index in [-0.39, 0.29) is 12.4 Å². The monoisotopic (exact) mass is 274 g/mol. The fourth-order valence-electron chi connectivity index (χ4n) is 2.81. The molecular weight excluding hydrogens is 256 g/mol. The van der Waals surface area contributed by atoms with Crippen LogP contribution in [-0.4, -0.2) is 6.54 Å². The average Bonchev–Trinajstić information content (AvgIpc) is 2.74. The predicted molar refractivity (Wildman–Crippen MR) is 84.0 cm³/mol. The summed E-state index contributed by atoms with van der Waals surface area (Å²) in [4.78, 5) is 2.46.